The molecule has 1 aromatic rings. The summed E-state index contributed by atoms with van der Waals surface area (Å²) < 4.78 is 1.85. The molecular formula is C12H19N3O. The number of hydrogen-bond acceptors (Lipinski definition) is 3. The number of aliphatic hydroxyl groups is 1. The van der Waals surface area contributed by atoms with Crippen LogP contribution >= 0.6 is 0 Å². The number of allylic oxidation sites excluding steroid dienone is 2. The lowest BCUT2D eigenvalue weighted by molar-refractivity contribution is 0.0990. The predicted molar refractivity (Wildman–Crippen MR) is 61.9 cm³/mol. The molecule has 0 amide bonds. The van der Waals surface area contributed by atoms with Crippen LogP contribution < -0.4 is 0 Å². The van der Waals surface area contributed by atoms with E-state index in [0.29, 0.717) is 12.3 Å². The molecule has 0 aliphatic heterocycles. The fourth-order valence-corrected chi connectivity index (χ4v) is 2.23. The number of rotatable bonds is 4. The van der Waals surface area contributed by atoms with Crippen molar-refractivity contribution in [2.75, 3.05) is 0 Å². The Morgan fingerprint density at radius 1 is 1.56 bits per heavy atom. The molecule has 4 heteroatoms. The Balaban J connectivity index is 1.96. The Bertz CT molecular complexity index is 359. The maximum absolute atomic E-state index is 10.2. The Kier molecular flexibility index (Phi) is 3.72. The lowest BCUT2D eigenvalue weighted by Gasteiger charge is -2.23. The minimum Gasteiger partial charge on any atom is -0.392 e. The first-order valence-corrected chi connectivity index (χ1v) is 6.01. The van der Waals surface area contributed by atoms with Crippen molar-refractivity contribution in [1.82, 2.24) is 14.8 Å². The zero-order chi connectivity index (χ0) is 11.4. The van der Waals surface area contributed by atoms with Crippen LogP contribution in [0.2, 0.25) is 0 Å². The fourth-order valence-electron chi connectivity index (χ4n) is 2.23. The molecule has 88 valence electrons. The maximum Gasteiger partial charge on any atom is 0.138 e. The number of aromatic nitrogens is 3. The summed E-state index contributed by atoms with van der Waals surface area (Å²) >= 11 is 0. The fraction of sp³-hybridized carbons (Fsp3) is 0.667. The molecule has 2 atom stereocenters. The molecule has 1 heterocycles. The lowest BCUT2D eigenvalue weighted by atomic mass is 9.88. The van der Waals surface area contributed by atoms with Gasteiger partial charge >= 0.3 is 0 Å². The van der Waals surface area contributed by atoms with E-state index in [2.05, 4.69) is 22.2 Å². The van der Waals surface area contributed by atoms with Gasteiger partial charge in [0.25, 0.3) is 0 Å². The molecule has 1 aliphatic carbocycles. The summed E-state index contributed by atoms with van der Waals surface area (Å²) in [7, 11) is 0. The summed E-state index contributed by atoms with van der Waals surface area (Å²) in [5, 5.41) is 14.3. The maximum atomic E-state index is 10.2. The third-order valence-electron chi connectivity index (χ3n) is 3.24. The quantitative estimate of drug-likeness (QED) is 0.785. The Hall–Kier alpha value is -1.16. The Labute approximate surface area is 96.0 Å². The van der Waals surface area contributed by atoms with Crippen molar-refractivity contribution >= 4 is 0 Å². The van der Waals surface area contributed by atoms with Crippen LogP contribution in [0.3, 0.4) is 0 Å². The molecule has 0 spiro atoms. The smallest absolute Gasteiger partial charge is 0.138 e. The van der Waals surface area contributed by atoms with Gasteiger partial charge in [0.15, 0.2) is 0 Å². The van der Waals surface area contributed by atoms with Crippen LogP contribution in [0.5, 0.6) is 0 Å². The van der Waals surface area contributed by atoms with Gasteiger partial charge in [-0.2, -0.15) is 5.10 Å². The van der Waals surface area contributed by atoms with E-state index in [9.17, 15) is 5.11 Å². The molecule has 0 saturated heterocycles. The molecule has 0 fully saturated rings. The van der Waals surface area contributed by atoms with Crippen LogP contribution in [-0.4, -0.2) is 26.0 Å². The first kappa shape index (κ1) is 11.3. The number of hydrogen-bond donors (Lipinski definition) is 1. The van der Waals surface area contributed by atoms with Gasteiger partial charge in [-0.25, -0.2) is 4.98 Å². The average molecular weight is 221 g/mol. The highest BCUT2D eigenvalue weighted by Crippen LogP contribution is 2.23. The molecule has 0 bridgehead atoms. The molecule has 4 nitrogen and oxygen atoms in total. The number of nitrogens with zero attached hydrogens (tertiary/aromatic N) is 3. The van der Waals surface area contributed by atoms with Gasteiger partial charge in [-0.05, 0) is 32.1 Å². The minimum absolute atomic E-state index is 0.292. The highest BCUT2D eigenvalue weighted by Gasteiger charge is 2.21. The van der Waals surface area contributed by atoms with Crippen molar-refractivity contribution in [3.05, 3.63) is 24.3 Å². The molecular weight excluding hydrogens is 202 g/mol. The summed E-state index contributed by atoms with van der Waals surface area (Å²) in [5.41, 5.74) is 0. The van der Waals surface area contributed by atoms with E-state index in [4.69, 9.17) is 0 Å². The lowest BCUT2D eigenvalue weighted by Crippen LogP contribution is -2.25. The van der Waals surface area contributed by atoms with E-state index in [1.165, 1.54) is 0 Å². The molecule has 0 radical (unpaired) electrons. The standard InChI is InChI=1S/C12H19N3O/c1-2-15-12(13-9-14-15)8-11(16)10-6-4-3-5-7-10/h3-4,9-11,16H,2,5-8H2,1H3. The third-order valence-corrected chi connectivity index (χ3v) is 3.24. The molecule has 0 saturated carbocycles. The van der Waals surface area contributed by atoms with Crippen LogP contribution in [-0.2, 0) is 13.0 Å². The molecule has 2 rings (SSSR count). The first-order chi connectivity index (χ1) is 7.81. The Morgan fingerprint density at radius 2 is 2.44 bits per heavy atom. The van der Waals surface area contributed by atoms with Gasteiger partial charge in [0, 0.05) is 13.0 Å². The van der Waals surface area contributed by atoms with E-state index in [1.807, 2.05) is 11.6 Å². The largest absolute Gasteiger partial charge is 0.392 e. The number of aliphatic hydroxyl groups excluding tert-OH is 1. The second-order valence-corrected chi connectivity index (χ2v) is 4.31. The van der Waals surface area contributed by atoms with Gasteiger partial charge in [-0.15, -0.1) is 0 Å². The third kappa shape index (κ3) is 2.50. The summed E-state index contributed by atoms with van der Waals surface area (Å²) in [5.74, 6) is 1.27. The van der Waals surface area contributed by atoms with Crippen molar-refractivity contribution in [2.24, 2.45) is 5.92 Å². The molecule has 16 heavy (non-hydrogen) atoms. The number of aryl methyl sites for hydroxylation is 1. The van der Waals surface area contributed by atoms with Gasteiger partial charge in [-0.3, -0.25) is 4.68 Å². The highest BCUT2D eigenvalue weighted by molar-refractivity contribution is 4.95. The van der Waals surface area contributed by atoms with Crippen LogP contribution in [0.15, 0.2) is 18.5 Å². The van der Waals surface area contributed by atoms with Crippen molar-refractivity contribution in [3.8, 4) is 0 Å². The summed E-state index contributed by atoms with van der Waals surface area (Å²) in [6.45, 7) is 2.85. The average Bonchev–Trinajstić information content (AvgIpc) is 2.77. The van der Waals surface area contributed by atoms with Crippen LogP contribution in [0, 0.1) is 5.92 Å². The van der Waals surface area contributed by atoms with Gasteiger partial charge in [-0.1, -0.05) is 12.2 Å². The van der Waals surface area contributed by atoms with Crippen molar-refractivity contribution in [3.63, 3.8) is 0 Å². The molecule has 1 aliphatic rings. The van der Waals surface area contributed by atoms with E-state index in [1.54, 1.807) is 6.33 Å². The van der Waals surface area contributed by atoms with E-state index in [-0.39, 0.29) is 6.10 Å². The van der Waals surface area contributed by atoms with Gasteiger partial charge < -0.3 is 5.11 Å². The van der Waals surface area contributed by atoms with Crippen LogP contribution in [0.4, 0.5) is 0 Å². The highest BCUT2D eigenvalue weighted by atomic mass is 16.3. The van der Waals surface area contributed by atoms with Crippen molar-refractivity contribution in [2.45, 2.75) is 45.3 Å². The zero-order valence-corrected chi connectivity index (χ0v) is 9.71. The van der Waals surface area contributed by atoms with Crippen molar-refractivity contribution in [1.29, 1.82) is 0 Å². The summed E-state index contributed by atoms with van der Waals surface area (Å²) in [6, 6.07) is 0. The van der Waals surface area contributed by atoms with E-state index in [0.717, 1.165) is 31.6 Å². The second kappa shape index (κ2) is 5.25. The first-order valence-electron chi connectivity index (χ1n) is 6.01. The van der Waals surface area contributed by atoms with E-state index < -0.39 is 0 Å². The normalized spacial score (nSPS) is 22.2. The van der Waals surface area contributed by atoms with Gasteiger partial charge in [0.1, 0.15) is 12.2 Å². The van der Waals surface area contributed by atoms with Crippen LogP contribution in [0.25, 0.3) is 0 Å². The van der Waals surface area contributed by atoms with Gasteiger partial charge in [0.05, 0.1) is 6.10 Å². The minimum atomic E-state index is -0.292. The predicted octanol–water partition coefficient (Wildman–Crippen LogP) is 1.56. The summed E-state index contributed by atoms with van der Waals surface area (Å²) in [4.78, 5) is 4.20. The molecule has 0 aromatic carbocycles. The molecule has 1 aromatic heterocycles. The van der Waals surface area contributed by atoms with E-state index >= 15 is 0 Å². The van der Waals surface area contributed by atoms with Crippen molar-refractivity contribution < 1.29 is 5.11 Å². The molecule has 1 N–H and O–H groups in total. The zero-order valence-electron chi connectivity index (χ0n) is 9.71. The van der Waals surface area contributed by atoms with Gasteiger partial charge in [0.2, 0.25) is 0 Å². The topological polar surface area (TPSA) is 50.9 Å². The Morgan fingerprint density at radius 3 is 3.12 bits per heavy atom. The monoisotopic (exact) mass is 221 g/mol. The SMILES string of the molecule is CCn1ncnc1CC(O)C1CC=CCC1. The second-order valence-electron chi connectivity index (χ2n) is 4.31. The van der Waals surface area contributed by atoms with Crippen LogP contribution in [0.1, 0.15) is 32.0 Å². The summed E-state index contributed by atoms with van der Waals surface area (Å²) in [6.07, 6.45) is 9.40. The molecule has 2 unspecified atom stereocenters.